The molecule has 0 radical (unpaired) electrons. The molecule has 3 heterocycles. The maximum atomic E-state index is 12.7. The number of amides is 1. The first-order valence-corrected chi connectivity index (χ1v) is 10.1. The Morgan fingerprint density at radius 3 is 2.71 bits per heavy atom. The molecule has 1 aliphatic carbocycles. The van der Waals surface area contributed by atoms with Crippen molar-refractivity contribution in [3.8, 4) is 5.69 Å². The van der Waals surface area contributed by atoms with Gasteiger partial charge in [0.2, 0.25) is 5.91 Å². The maximum Gasteiger partial charge on any atom is 0.225 e. The number of rotatable bonds is 4. The van der Waals surface area contributed by atoms with Gasteiger partial charge < -0.3 is 10.2 Å². The first kappa shape index (κ1) is 17.2. The van der Waals surface area contributed by atoms with Crippen LogP contribution in [0.5, 0.6) is 0 Å². The van der Waals surface area contributed by atoms with Crippen LogP contribution in [0, 0.1) is 5.92 Å². The van der Waals surface area contributed by atoms with Gasteiger partial charge in [-0.1, -0.05) is 31.0 Å². The van der Waals surface area contributed by atoms with Gasteiger partial charge in [0.05, 0.1) is 17.3 Å². The number of nitrogens with zero attached hydrogens (tertiary/aromatic N) is 5. The molecule has 2 aliphatic rings. The Kier molecular flexibility index (Phi) is 4.43. The SMILES string of the molecule is O=C(C1CCCC1)N1CCC(Nc2ncnc3c2cnn3-c2ccccc2)C1. The summed E-state index contributed by atoms with van der Waals surface area (Å²) in [4.78, 5) is 23.6. The number of hydrogen-bond acceptors (Lipinski definition) is 5. The number of fused-ring (bicyclic) bond motifs is 1. The molecule has 5 rings (SSSR count). The van der Waals surface area contributed by atoms with Crippen LogP contribution >= 0.6 is 0 Å². The van der Waals surface area contributed by atoms with Crippen LogP contribution in [0.1, 0.15) is 32.1 Å². The number of carbonyl (C=O) groups excluding carboxylic acids is 1. The molecule has 1 saturated heterocycles. The molecule has 1 atom stereocenters. The molecule has 1 N–H and O–H groups in total. The largest absolute Gasteiger partial charge is 0.365 e. The van der Waals surface area contributed by atoms with Crippen LogP contribution in [0.25, 0.3) is 16.7 Å². The Bertz CT molecular complexity index is 979. The van der Waals surface area contributed by atoms with E-state index < -0.39 is 0 Å². The van der Waals surface area contributed by atoms with Crippen molar-refractivity contribution in [3.05, 3.63) is 42.9 Å². The topological polar surface area (TPSA) is 75.9 Å². The van der Waals surface area contributed by atoms with Gasteiger partial charge >= 0.3 is 0 Å². The lowest BCUT2D eigenvalue weighted by atomic mass is 10.1. The van der Waals surface area contributed by atoms with Gasteiger partial charge in [-0.05, 0) is 31.4 Å². The van der Waals surface area contributed by atoms with Gasteiger partial charge in [0.15, 0.2) is 5.65 Å². The lowest BCUT2D eigenvalue weighted by Crippen LogP contribution is -2.35. The Labute approximate surface area is 163 Å². The molecule has 0 bridgehead atoms. The summed E-state index contributed by atoms with van der Waals surface area (Å²) in [5.74, 6) is 1.37. The normalized spacial score (nSPS) is 20.1. The standard InChI is InChI=1S/C21H24N6O/c28-21(15-6-4-5-7-15)26-11-10-16(13-26)25-19-18-12-24-27(20(18)23-14-22-19)17-8-2-1-3-9-17/h1-3,8-9,12,14-16H,4-7,10-11,13H2,(H,22,23,25). The van der Waals surface area contributed by atoms with Crippen molar-refractivity contribution in [2.45, 2.75) is 38.1 Å². The monoisotopic (exact) mass is 376 g/mol. The maximum absolute atomic E-state index is 12.7. The predicted molar refractivity (Wildman–Crippen MR) is 107 cm³/mol. The predicted octanol–water partition coefficient (Wildman–Crippen LogP) is 3.02. The molecular weight excluding hydrogens is 352 g/mol. The third kappa shape index (κ3) is 3.10. The number of carbonyl (C=O) groups is 1. The quantitative estimate of drug-likeness (QED) is 0.757. The Hall–Kier alpha value is -2.96. The van der Waals surface area contributed by atoms with Crippen LogP contribution in [-0.2, 0) is 4.79 Å². The van der Waals surface area contributed by atoms with Gasteiger partial charge in [0.25, 0.3) is 0 Å². The van der Waals surface area contributed by atoms with E-state index in [9.17, 15) is 4.79 Å². The van der Waals surface area contributed by atoms with Gasteiger partial charge in [0.1, 0.15) is 12.1 Å². The number of anilines is 1. The fraction of sp³-hybridized carbons (Fsp3) is 0.429. The van der Waals surface area contributed by atoms with E-state index in [4.69, 9.17) is 0 Å². The smallest absolute Gasteiger partial charge is 0.225 e. The van der Waals surface area contributed by atoms with Crippen molar-refractivity contribution in [3.63, 3.8) is 0 Å². The molecule has 2 aromatic heterocycles. The second-order valence-corrected chi connectivity index (χ2v) is 7.75. The first-order valence-electron chi connectivity index (χ1n) is 10.1. The van der Waals surface area contributed by atoms with Gasteiger partial charge in [-0.3, -0.25) is 4.79 Å². The summed E-state index contributed by atoms with van der Waals surface area (Å²) in [7, 11) is 0. The number of nitrogens with one attached hydrogen (secondary N) is 1. The first-order chi connectivity index (χ1) is 13.8. The highest BCUT2D eigenvalue weighted by atomic mass is 16.2. The van der Waals surface area contributed by atoms with Gasteiger partial charge in [-0.2, -0.15) is 5.10 Å². The van der Waals surface area contributed by atoms with E-state index in [1.54, 1.807) is 12.5 Å². The van der Waals surface area contributed by atoms with E-state index in [-0.39, 0.29) is 12.0 Å². The Balaban J connectivity index is 1.33. The van der Waals surface area contributed by atoms with E-state index in [2.05, 4.69) is 20.4 Å². The Morgan fingerprint density at radius 2 is 1.89 bits per heavy atom. The summed E-state index contributed by atoms with van der Waals surface area (Å²) in [6, 6.07) is 10.2. The second-order valence-electron chi connectivity index (χ2n) is 7.75. The van der Waals surface area contributed by atoms with Crippen LogP contribution in [-0.4, -0.2) is 49.7 Å². The molecule has 2 fully saturated rings. The van der Waals surface area contributed by atoms with Crippen molar-refractivity contribution < 1.29 is 4.79 Å². The number of likely N-dealkylation sites (tertiary alicyclic amines) is 1. The molecule has 0 spiro atoms. The number of para-hydroxylation sites is 1. The minimum atomic E-state index is 0.212. The lowest BCUT2D eigenvalue weighted by molar-refractivity contribution is -0.134. The molecule has 3 aromatic rings. The van der Waals surface area contributed by atoms with E-state index in [0.29, 0.717) is 5.91 Å². The van der Waals surface area contributed by atoms with Crippen molar-refractivity contribution >= 4 is 22.8 Å². The number of benzene rings is 1. The average Bonchev–Trinajstić information content (AvgIpc) is 3.49. The molecule has 144 valence electrons. The van der Waals surface area contributed by atoms with E-state index in [1.807, 2.05) is 39.9 Å². The van der Waals surface area contributed by atoms with Crippen LogP contribution in [0.4, 0.5) is 5.82 Å². The Morgan fingerprint density at radius 1 is 1.07 bits per heavy atom. The number of hydrogen-bond donors (Lipinski definition) is 1. The molecule has 1 amide bonds. The van der Waals surface area contributed by atoms with Crippen LogP contribution in [0.3, 0.4) is 0 Å². The summed E-state index contributed by atoms with van der Waals surface area (Å²) in [5, 5.41) is 8.93. The molecule has 7 heteroatoms. The average molecular weight is 376 g/mol. The minimum Gasteiger partial charge on any atom is -0.365 e. The fourth-order valence-corrected chi connectivity index (χ4v) is 4.42. The highest BCUT2D eigenvalue weighted by molar-refractivity contribution is 5.87. The van der Waals surface area contributed by atoms with Crippen molar-refractivity contribution in [1.82, 2.24) is 24.6 Å². The molecule has 1 unspecified atom stereocenters. The highest BCUT2D eigenvalue weighted by Crippen LogP contribution is 2.29. The summed E-state index contributed by atoms with van der Waals surface area (Å²) in [5.41, 5.74) is 1.75. The summed E-state index contributed by atoms with van der Waals surface area (Å²) >= 11 is 0. The van der Waals surface area contributed by atoms with E-state index in [1.165, 1.54) is 12.8 Å². The summed E-state index contributed by atoms with van der Waals surface area (Å²) in [6.07, 6.45) is 8.81. The fourth-order valence-electron chi connectivity index (χ4n) is 4.42. The molecule has 28 heavy (non-hydrogen) atoms. The van der Waals surface area contributed by atoms with Crippen LogP contribution < -0.4 is 5.32 Å². The molecule has 1 aromatic carbocycles. The second kappa shape index (κ2) is 7.22. The van der Waals surface area contributed by atoms with Crippen LogP contribution in [0.2, 0.25) is 0 Å². The minimum absolute atomic E-state index is 0.212. The highest BCUT2D eigenvalue weighted by Gasteiger charge is 2.32. The molecular formula is C21H24N6O. The van der Waals surface area contributed by atoms with Gasteiger partial charge in [-0.15, -0.1) is 0 Å². The molecule has 1 saturated carbocycles. The third-order valence-corrected chi connectivity index (χ3v) is 5.91. The van der Waals surface area contributed by atoms with Crippen molar-refractivity contribution in [1.29, 1.82) is 0 Å². The van der Waals surface area contributed by atoms with E-state index >= 15 is 0 Å². The lowest BCUT2D eigenvalue weighted by Gasteiger charge is -2.21. The zero-order valence-corrected chi connectivity index (χ0v) is 15.8. The van der Waals surface area contributed by atoms with E-state index in [0.717, 1.165) is 54.9 Å². The zero-order valence-electron chi connectivity index (χ0n) is 15.8. The number of aromatic nitrogens is 4. The van der Waals surface area contributed by atoms with Crippen molar-refractivity contribution in [2.24, 2.45) is 5.92 Å². The molecule has 1 aliphatic heterocycles. The summed E-state index contributed by atoms with van der Waals surface area (Å²) in [6.45, 7) is 1.57. The zero-order chi connectivity index (χ0) is 18.9. The molecule has 7 nitrogen and oxygen atoms in total. The van der Waals surface area contributed by atoms with Crippen molar-refractivity contribution in [2.75, 3.05) is 18.4 Å². The third-order valence-electron chi connectivity index (χ3n) is 5.91. The summed E-state index contributed by atoms with van der Waals surface area (Å²) < 4.78 is 1.83. The van der Waals surface area contributed by atoms with Crippen LogP contribution in [0.15, 0.2) is 42.9 Å². The van der Waals surface area contributed by atoms with Gasteiger partial charge in [-0.25, -0.2) is 14.6 Å². The van der Waals surface area contributed by atoms with Gasteiger partial charge in [0, 0.05) is 25.0 Å².